The maximum absolute atomic E-state index is 12.7. The molecule has 1 aliphatic rings. The molecule has 2 N–H and O–H groups in total. The molecule has 29 heavy (non-hydrogen) atoms. The van der Waals surface area contributed by atoms with Gasteiger partial charge in [0.2, 0.25) is 5.91 Å². The number of piperazine rings is 1. The Morgan fingerprint density at radius 3 is 1.97 bits per heavy atom. The summed E-state index contributed by atoms with van der Waals surface area (Å²) < 4.78 is 0. The van der Waals surface area contributed by atoms with Crippen LogP contribution in [-0.2, 0) is 17.6 Å². The van der Waals surface area contributed by atoms with Gasteiger partial charge in [-0.2, -0.15) is 0 Å². The third-order valence-electron chi connectivity index (χ3n) is 5.28. The lowest BCUT2D eigenvalue weighted by Crippen LogP contribution is -2.50. The van der Waals surface area contributed by atoms with Crippen molar-refractivity contribution in [1.29, 1.82) is 0 Å². The fraction of sp³-hybridized carbons (Fsp3) is 0.391. The van der Waals surface area contributed by atoms with Crippen LogP contribution in [0.4, 0.5) is 21.9 Å². The summed E-state index contributed by atoms with van der Waals surface area (Å²) in [5, 5.41) is 5.68. The summed E-state index contributed by atoms with van der Waals surface area (Å²) in [7, 11) is 0. The molecule has 0 saturated carbocycles. The predicted octanol–water partition coefficient (Wildman–Crippen LogP) is 4.12. The molecule has 0 atom stereocenters. The molecule has 0 aromatic heterocycles. The molecule has 1 saturated heterocycles. The highest BCUT2D eigenvalue weighted by molar-refractivity contribution is 5.92. The minimum absolute atomic E-state index is 0.107. The lowest BCUT2D eigenvalue weighted by atomic mass is 10.0. The van der Waals surface area contributed by atoms with Gasteiger partial charge in [0.15, 0.2) is 0 Å². The van der Waals surface area contributed by atoms with Gasteiger partial charge >= 0.3 is 6.03 Å². The number of benzene rings is 2. The first kappa shape index (κ1) is 20.7. The highest BCUT2D eigenvalue weighted by Gasteiger charge is 2.23. The molecule has 0 aliphatic carbocycles. The number of amides is 3. The number of anilines is 3. The number of carbonyl (C=O) groups is 2. The van der Waals surface area contributed by atoms with E-state index < -0.39 is 0 Å². The molecule has 1 heterocycles. The van der Waals surface area contributed by atoms with Crippen LogP contribution in [0.1, 0.15) is 31.9 Å². The molecule has 0 unspecified atom stereocenters. The molecule has 154 valence electrons. The van der Waals surface area contributed by atoms with Crippen molar-refractivity contribution in [1.82, 2.24) is 4.90 Å². The quantitative estimate of drug-likeness (QED) is 0.802. The highest BCUT2D eigenvalue weighted by Crippen LogP contribution is 2.28. The van der Waals surface area contributed by atoms with Gasteiger partial charge < -0.3 is 20.4 Å². The number of para-hydroxylation sites is 1. The molecule has 1 fully saturated rings. The summed E-state index contributed by atoms with van der Waals surface area (Å²) in [4.78, 5) is 28.2. The number of rotatable bonds is 5. The third-order valence-corrected chi connectivity index (χ3v) is 5.28. The number of nitrogens with one attached hydrogen (secondary N) is 2. The fourth-order valence-electron chi connectivity index (χ4n) is 3.83. The summed E-state index contributed by atoms with van der Waals surface area (Å²) in [6.07, 6.45) is 2.02. The van der Waals surface area contributed by atoms with E-state index in [0.29, 0.717) is 24.5 Å². The van der Waals surface area contributed by atoms with Crippen molar-refractivity contribution >= 4 is 29.0 Å². The third kappa shape index (κ3) is 5.08. The summed E-state index contributed by atoms with van der Waals surface area (Å²) in [5.41, 5.74) is 5.44. The van der Waals surface area contributed by atoms with E-state index in [0.717, 1.165) is 25.9 Å². The Bertz CT molecular complexity index is 851. The molecule has 3 amide bonds. The molecule has 2 aromatic carbocycles. The van der Waals surface area contributed by atoms with E-state index >= 15 is 0 Å². The van der Waals surface area contributed by atoms with Crippen LogP contribution in [0, 0.1) is 0 Å². The first-order chi connectivity index (χ1) is 14.0. The van der Waals surface area contributed by atoms with Crippen molar-refractivity contribution < 1.29 is 9.59 Å². The number of hydrogen-bond acceptors (Lipinski definition) is 3. The Morgan fingerprint density at radius 1 is 0.862 bits per heavy atom. The van der Waals surface area contributed by atoms with Crippen LogP contribution in [0.2, 0.25) is 0 Å². The zero-order valence-corrected chi connectivity index (χ0v) is 17.5. The van der Waals surface area contributed by atoms with Crippen molar-refractivity contribution in [2.75, 3.05) is 41.7 Å². The highest BCUT2D eigenvalue weighted by atomic mass is 16.2. The van der Waals surface area contributed by atoms with Gasteiger partial charge in [0.05, 0.1) is 0 Å². The molecule has 0 bridgehead atoms. The Kier molecular flexibility index (Phi) is 6.75. The average molecular weight is 395 g/mol. The molecule has 3 rings (SSSR count). The van der Waals surface area contributed by atoms with E-state index in [1.165, 1.54) is 23.7 Å². The molecule has 0 radical (unpaired) electrons. The average Bonchev–Trinajstić information content (AvgIpc) is 2.73. The zero-order valence-electron chi connectivity index (χ0n) is 17.5. The maximum atomic E-state index is 12.7. The molecule has 2 aromatic rings. The molecule has 6 heteroatoms. The Balaban J connectivity index is 1.63. The number of urea groups is 1. The summed E-state index contributed by atoms with van der Waals surface area (Å²) >= 11 is 0. The monoisotopic (exact) mass is 394 g/mol. The van der Waals surface area contributed by atoms with Gasteiger partial charge in [0.1, 0.15) is 0 Å². The molecule has 6 nitrogen and oxygen atoms in total. The number of hydrogen-bond donors (Lipinski definition) is 2. The van der Waals surface area contributed by atoms with Gasteiger partial charge in [-0.15, -0.1) is 0 Å². The molecular formula is C23H30N4O2. The van der Waals surface area contributed by atoms with Crippen LogP contribution in [-0.4, -0.2) is 43.0 Å². The van der Waals surface area contributed by atoms with E-state index in [9.17, 15) is 9.59 Å². The van der Waals surface area contributed by atoms with Gasteiger partial charge in [0, 0.05) is 50.2 Å². The van der Waals surface area contributed by atoms with Gasteiger partial charge in [-0.25, -0.2) is 4.79 Å². The second-order valence-electron chi connectivity index (χ2n) is 7.30. The smallest absolute Gasteiger partial charge is 0.321 e. The van der Waals surface area contributed by atoms with E-state index in [1.54, 1.807) is 12.1 Å². The van der Waals surface area contributed by atoms with Gasteiger partial charge in [-0.1, -0.05) is 38.1 Å². The van der Waals surface area contributed by atoms with E-state index in [1.807, 2.05) is 17.0 Å². The van der Waals surface area contributed by atoms with E-state index in [4.69, 9.17) is 0 Å². The van der Waals surface area contributed by atoms with Crippen LogP contribution in [0.3, 0.4) is 0 Å². The summed E-state index contributed by atoms with van der Waals surface area (Å²) in [5.74, 6) is -0.136. The van der Waals surface area contributed by atoms with E-state index in [-0.39, 0.29) is 11.9 Å². The SMILES string of the molecule is CCc1cccc(CC)c1N1CCN(C(=O)Nc2cccc(NC(C)=O)c2)CC1. The van der Waals surface area contributed by atoms with Crippen molar-refractivity contribution in [3.63, 3.8) is 0 Å². The van der Waals surface area contributed by atoms with Crippen LogP contribution in [0.5, 0.6) is 0 Å². The normalized spacial score (nSPS) is 13.9. The van der Waals surface area contributed by atoms with Gasteiger partial charge in [-0.3, -0.25) is 4.79 Å². The first-order valence-electron chi connectivity index (χ1n) is 10.3. The van der Waals surface area contributed by atoms with Gasteiger partial charge in [0.25, 0.3) is 0 Å². The van der Waals surface area contributed by atoms with Crippen molar-refractivity contribution in [2.24, 2.45) is 0 Å². The lowest BCUT2D eigenvalue weighted by molar-refractivity contribution is -0.114. The predicted molar refractivity (Wildman–Crippen MR) is 119 cm³/mol. The summed E-state index contributed by atoms with van der Waals surface area (Å²) in [6.45, 7) is 8.85. The maximum Gasteiger partial charge on any atom is 0.321 e. The van der Waals surface area contributed by atoms with Crippen molar-refractivity contribution in [3.8, 4) is 0 Å². The van der Waals surface area contributed by atoms with Crippen LogP contribution >= 0.6 is 0 Å². The molecule has 0 spiro atoms. The minimum Gasteiger partial charge on any atom is -0.368 e. The zero-order chi connectivity index (χ0) is 20.8. The number of aryl methyl sites for hydroxylation is 2. The van der Waals surface area contributed by atoms with Gasteiger partial charge in [-0.05, 0) is 42.2 Å². The Hall–Kier alpha value is -3.02. The minimum atomic E-state index is -0.136. The topological polar surface area (TPSA) is 64.7 Å². The second kappa shape index (κ2) is 9.45. The Labute approximate surface area is 172 Å². The van der Waals surface area contributed by atoms with Crippen LogP contribution < -0.4 is 15.5 Å². The first-order valence-corrected chi connectivity index (χ1v) is 10.3. The molecule has 1 aliphatic heterocycles. The fourth-order valence-corrected chi connectivity index (χ4v) is 3.83. The van der Waals surface area contributed by atoms with Crippen LogP contribution in [0.15, 0.2) is 42.5 Å². The molecular weight excluding hydrogens is 364 g/mol. The van der Waals surface area contributed by atoms with Crippen LogP contribution in [0.25, 0.3) is 0 Å². The van der Waals surface area contributed by atoms with Crippen molar-refractivity contribution in [2.45, 2.75) is 33.6 Å². The number of nitrogens with zero attached hydrogens (tertiary/aromatic N) is 2. The number of carbonyl (C=O) groups excluding carboxylic acids is 2. The van der Waals surface area contributed by atoms with E-state index in [2.05, 4.69) is 47.6 Å². The standard InChI is InChI=1S/C23H30N4O2/c1-4-18-8-6-9-19(5-2)22(18)26-12-14-27(15-13-26)23(29)25-21-11-7-10-20(16-21)24-17(3)28/h6-11,16H,4-5,12-15H2,1-3H3,(H,24,28)(H,25,29). The Morgan fingerprint density at radius 2 is 1.41 bits per heavy atom. The largest absolute Gasteiger partial charge is 0.368 e. The lowest BCUT2D eigenvalue weighted by Gasteiger charge is -2.38. The second-order valence-corrected chi connectivity index (χ2v) is 7.30. The van der Waals surface area contributed by atoms with Crippen molar-refractivity contribution in [3.05, 3.63) is 53.6 Å². The summed E-state index contributed by atoms with van der Waals surface area (Å²) in [6, 6.07) is 13.6.